The first kappa shape index (κ1) is 30.6. The number of hydrogen-bond donors (Lipinski definition) is 2. The Balaban J connectivity index is 1.16. The fourth-order valence-electron chi connectivity index (χ4n) is 6.02. The van der Waals surface area contributed by atoms with E-state index in [2.05, 4.69) is 33.9 Å². The van der Waals surface area contributed by atoms with Gasteiger partial charge in [0.25, 0.3) is 0 Å². The van der Waals surface area contributed by atoms with Crippen molar-refractivity contribution in [2.45, 2.75) is 62.2 Å². The third kappa shape index (κ3) is 7.64. The zero-order valence-electron chi connectivity index (χ0n) is 24.8. The second-order valence-electron chi connectivity index (χ2n) is 11.7. The molecule has 0 saturated carbocycles. The first-order valence-electron chi connectivity index (χ1n) is 15.4. The Bertz CT molecular complexity index is 1600. The Morgan fingerprint density at radius 1 is 0.750 bits per heavy atom. The van der Waals surface area contributed by atoms with E-state index < -0.39 is 16.3 Å². The SMILES string of the molecule is O=S(=O)(NCc1cccc(-c2ccc([C@@H]3O[C@H](CN4CCCCC4)C[C@H](c4ccc(CO)cc4)O3)cc2)c1)c1ccccc1. The zero-order chi connectivity index (χ0) is 30.4. The second-order valence-corrected chi connectivity index (χ2v) is 13.4. The third-order valence-corrected chi connectivity index (χ3v) is 9.91. The molecule has 4 aromatic carbocycles. The average molecular weight is 613 g/mol. The molecule has 6 rings (SSSR count). The van der Waals surface area contributed by atoms with E-state index in [1.165, 1.54) is 19.3 Å². The maximum absolute atomic E-state index is 12.7. The number of hydrogen-bond acceptors (Lipinski definition) is 6. The number of sulfonamides is 1. The van der Waals surface area contributed by atoms with Crippen LogP contribution in [0.2, 0.25) is 0 Å². The maximum atomic E-state index is 12.7. The van der Waals surface area contributed by atoms with Gasteiger partial charge in [-0.05, 0) is 71.9 Å². The number of ether oxygens (including phenoxy) is 2. The molecule has 0 aliphatic carbocycles. The normalized spacial score (nSPS) is 21.2. The van der Waals surface area contributed by atoms with E-state index in [1.54, 1.807) is 30.3 Å². The molecule has 0 unspecified atom stereocenters. The summed E-state index contributed by atoms with van der Waals surface area (Å²) in [5, 5.41) is 9.49. The van der Waals surface area contributed by atoms with Crippen LogP contribution in [0.15, 0.2) is 108 Å². The van der Waals surface area contributed by atoms with Gasteiger partial charge < -0.3 is 19.5 Å². The Morgan fingerprint density at radius 3 is 2.20 bits per heavy atom. The van der Waals surface area contributed by atoms with E-state index in [9.17, 15) is 13.5 Å². The number of piperidine rings is 1. The zero-order valence-corrected chi connectivity index (χ0v) is 25.7. The molecule has 7 nitrogen and oxygen atoms in total. The van der Waals surface area contributed by atoms with Crippen LogP contribution in [0.1, 0.15) is 60.3 Å². The van der Waals surface area contributed by atoms with Crippen molar-refractivity contribution in [3.05, 3.63) is 125 Å². The molecule has 230 valence electrons. The number of likely N-dealkylation sites (tertiary alicyclic amines) is 1. The van der Waals surface area contributed by atoms with Crippen LogP contribution in [-0.4, -0.2) is 44.2 Å². The Hall–Kier alpha value is -3.37. The van der Waals surface area contributed by atoms with Crippen LogP contribution >= 0.6 is 0 Å². The van der Waals surface area contributed by atoms with Gasteiger partial charge in [-0.15, -0.1) is 0 Å². The quantitative estimate of drug-likeness (QED) is 0.217. The summed E-state index contributed by atoms with van der Waals surface area (Å²) in [6, 6.07) is 32.6. The molecule has 2 aliphatic rings. The maximum Gasteiger partial charge on any atom is 0.240 e. The number of rotatable bonds is 10. The summed E-state index contributed by atoms with van der Waals surface area (Å²) in [5.74, 6) is 0. The third-order valence-electron chi connectivity index (χ3n) is 8.49. The van der Waals surface area contributed by atoms with Crippen molar-refractivity contribution < 1.29 is 23.0 Å². The van der Waals surface area contributed by atoms with E-state index in [-0.39, 0.29) is 30.3 Å². The lowest BCUT2D eigenvalue weighted by Crippen LogP contribution is -2.41. The van der Waals surface area contributed by atoms with Gasteiger partial charge in [0.05, 0.1) is 23.7 Å². The lowest BCUT2D eigenvalue weighted by atomic mass is 9.98. The molecule has 0 aromatic heterocycles. The Kier molecular flexibility index (Phi) is 9.86. The van der Waals surface area contributed by atoms with E-state index >= 15 is 0 Å². The molecule has 2 fully saturated rings. The van der Waals surface area contributed by atoms with Crippen molar-refractivity contribution in [1.82, 2.24) is 9.62 Å². The number of nitrogens with one attached hydrogen (secondary N) is 1. The highest BCUT2D eigenvalue weighted by molar-refractivity contribution is 7.89. The minimum Gasteiger partial charge on any atom is -0.392 e. The number of benzene rings is 4. The largest absolute Gasteiger partial charge is 0.392 e. The highest BCUT2D eigenvalue weighted by Gasteiger charge is 2.33. The standard InChI is InChI=1S/C36H40N2O5S/c39-26-27-12-14-30(15-13-27)35-23-33(25-38-20-5-2-6-21-38)42-36(43-35)31-18-16-29(17-19-31)32-9-7-8-28(22-32)24-37-44(40,41)34-10-3-1-4-11-34/h1,3-4,7-19,22,33,35-37,39H,2,5-6,20-21,23-26H2/t33-,35+,36+/m0/s1. The summed E-state index contributed by atoms with van der Waals surface area (Å²) in [6.45, 7) is 3.34. The Morgan fingerprint density at radius 2 is 1.48 bits per heavy atom. The molecule has 2 saturated heterocycles. The molecule has 0 amide bonds. The van der Waals surface area contributed by atoms with Crippen molar-refractivity contribution >= 4 is 10.0 Å². The summed E-state index contributed by atoms with van der Waals surface area (Å²) in [5.41, 5.74) is 5.84. The number of nitrogens with zero attached hydrogens (tertiary/aromatic N) is 1. The van der Waals surface area contributed by atoms with Gasteiger partial charge in [0.2, 0.25) is 10.0 Å². The molecule has 3 atom stereocenters. The van der Waals surface area contributed by atoms with Gasteiger partial charge in [-0.25, -0.2) is 13.1 Å². The molecule has 8 heteroatoms. The summed E-state index contributed by atoms with van der Waals surface area (Å²) in [4.78, 5) is 2.76. The molecule has 0 radical (unpaired) electrons. The summed E-state index contributed by atoms with van der Waals surface area (Å²) >= 11 is 0. The highest BCUT2D eigenvalue weighted by Crippen LogP contribution is 2.39. The van der Waals surface area contributed by atoms with Crippen molar-refractivity contribution in [2.24, 2.45) is 0 Å². The van der Waals surface area contributed by atoms with E-state index in [4.69, 9.17) is 9.47 Å². The molecule has 0 spiro atoms. The lowest BCUT2D eigenvalue weighted by molar-refractivity contribution is -0.253. The van der Waals surface area contributed by atoms with Crippen LogP contribution in [-0.2, 0) is 32.6 Å². The summed E-state index contributed by atoms with van der Waals surface area (Å²) in [6.07, 6.45) is 4.00. The smallest absolute Gasteiger partial charge is 0.240 e. The minimum absolute atomic E-state index is 0.0215. The van der Waals surface area contributed by atoms with Gasteiger partial charge in [0, 0.05) is 25.1 Å². The minimum atomic E-state index is -3.59. The summed E-state index contributed by atoms with van der Waals surface area (Å²) < 4.78 is 41.2. The molecule has 44 heavy (non-hydrogen) atoms. The highest BCUT2D eigenvalue weighted by atomic mass is 32.2. The van der Waals surface area contributed by atoms with E-state index in [0.29, 0.717) is 0 Å². The van der Waals surface area contributed by atoms with Crippen LogP contribution in [0, 0.1) is 0 Å². The molecular weight excluding hydrogens is 572 g/mol. The molecule has 2 N–H and O–H groups in total. The van der Waals surface area contributed by atoms with Gasteiger partial charge in [0.1, 0.15) is 0 Å². The molecule has 0 bridgehead atoms. The van der Waals surface area contributed by atoms with Crippen molar-refractivity contribution in [1.29, 1.82) is 0 Å². The predicted octanol–water partition coefficient (Wildman–Crippen LogP) is 6.36. The van der Waals surface area contributed by atoms with E-state index in [1.807, 2.05) is 48.5 Å². The van der Waals surface area contributed by atoms with Crippen LogP contribution in [0.5, 0.6) is 0 Å². The molecule has 2 aliphatic heterocycles. The van der Waals surface area contributed by atoms with Crippen LogP contribution < -0.4 is 4.72 Å². The topological polar surface area (TPSA) is 88.1 Å². The first-order chi connectivity index (χ1) is 21.5. The fraction of sp³-hybridized carbons (Fsp3) is 0.333. The van der Waals surface area contributed by atoms with Gasteiger partial charge in [-0.3, -0.25) is 0 Å². The van der Waals surface area contributed by atoms with Crippen molar-refractivity contribution in [3.63, 3.8) is 0 Å². The lowest BCUT2D eigenvalue weighted by Gasteiger charge is -2.39. The van der Waals surface area contributed by atoms with Crippen LogP contribution in [0.4, 0.5) is 0 Å². The Labute approximate surface area is 260 Å². The molecule has 4 aromatic rings. The molecule has 2 heterocycles. The predicted molar refractivity (Wildman–Crippen MR) is 171 cm³/mol. The van der Waals surface area contributed by atoms with Crippen molar-refractivity contribution in [2.75, 3.05) is 19.6 Å². The average Bonchev–Trinajstić information content (AvgIpc) is 3.08. The van der Waals surface area contributed by atoms with Gasteiger partial charge in [-0.1, -0.05) is 91.3 Å². The number of aliphatic hydroxyl groups excluding tert-OH is 1. The monoisotopic (exact) mass is 612 g/mol. The van der Waals surface area contributed by atoms with Crippen molar-refractivity contribution in [3.8, 4) is 11.1 Å². The second kappa shape index (κ2) is 14.2. The van der Waals surface area contributed by atoms with E-state index in [0.717, 1.165) is 59.4 Å². The van der Waals surface area contributed by atoms with Gasteiger partial charge >= 0.3 is 0 Å². The fourth-order valence-corrected chi connectivity index (χ4v) is 7.06. The van der Waals surface area contributed by atoms with Crippen LogP contribution in [0.3, 0.4) is 0 Å². The number of aliphatic hydroxyl groups is 1. The first-order valence-corrected chi connectivity index (χ1v) is 16.9. The molecular formula is C36H40N2O5S. The van der Waals surface area contributed by atoms with Crippen LogP contribution in [0.25, 0.3) is 11.1 Å². The van der Waals surface area contributed by atoms with Gasteiger partial charge in [0.15, 0.2) is 6.29 Å². The summed E-state index contributed by atoms with van der Waals surface area (Å²) in [7, 11) is -3.59. The van der Waals surface area contributed by atoms with Gasteiger partial charge in [-0.2, -0.15) is 0 Å².